The lowest BCUT2D eigenvalue weighted by Gasteiger charge is -2.07. The number of benzene rings is 2. The lowest BCUT2D eigenvalue weighted by molar-refractivity contribution is 0.414. The maximum absolute atomic E-state index is 5.20. The molecule has 18 heavy (non-hydrogen) atoms. The van der Waals surface area contributed by atoms with Crippen molar-refractivity contribution < 1.29 is 4.74 Å². The number of hydrogen-bond acceptors (Lipinski definition) is 2. The van der Waals surface area contributed by atoms with Gasteiger partial charge in [-0.25, -0.2) is 0 Å². The zero-order valence-electron chi connectivity index (χ0n) is 10.3. The van der Waals surface area contributed by atoms with Crippen molar-refractivity contribution in [3.05, 3.63) is 63.2 Å². The molecule has 3 heteroatoms. The van der Waals surface area contributed by atoms with E-state index in [1.165, 1.54) is 14.7 Å². The molecule has 94 valence electrons. The summed E-state index contributed by atoms with van der Waals surface area (Å²) < 4.78 is 6.47. The van der Waals surface area contributed by atoms with Gasteiger partial charge >= 0.3 is 0 Å². The molecule has 2 aromatic carbocycles. The van der Waals surface area contributed by atoms with Crippen LogP contribution in [0.25, 0.3) is 0 Å². The highest BCUT2D eigenvalue weighted by Crippen LogP contribution is 2.12. The van der Waals surface area contributed by atoms with Crippen molar-refractivity contribution in [2.24, 2.45) is 0 Å². The Labute approximate surface area is 122 Å². The Hall–Kier alpha value is -1.07. The molecule has 0 spiro atoms. The molecular formula is C15H16INO. The maximum atomic E-state index is 5.20. The average molecular weight is 353 g/mol. The summed E-state index contributed by atoms with van der Waals surface area (Å²) in [4.78, 5) is 0. The minimum atomic E-state index is 0.850. The van der Waals surface area contributed by atoms with Crippen LogP contribution in [0.5, 0.6) is 5.75 Å². The van der Waals surface area contributed by atoms with E-state index in [-0.39, 0.29) is 0 Å². The van der Waals surface area contributed by atoms with Gasteiger partial charge in [-0.15, -0.1) is 0 Å². The lowest BCUT2D eigenvalue weighted by Crippen LogP contribution is -2.12. The van der Waals surface area contributed by atoms with Crippen molar-refractivity contribution in [3.63, 3.8) is 0 Å². The van der Waals surface area contributed by atoms with E-state index in [0.29, 0.717) is 0 Å². The Morgan fingerprint density at radius 1 is 1.00 bits per heavy atom. The first-order chi connectivity index (χ1) is 8.78. The van der Waals surface area contributed by atoms with Crippen LogP contribution in [0, 0.1) is 3.57 Å². The van der Waals surface area contributed by atoms with E-state index in [1.54, 1.807) is 7.11 Å². The predicted octanol–water partition coefficient (Wildman–Crippen LogP) is 3.59. The fourth-order valence-electron chi connectivity index (χ4n) is 1.74. The molecule has 0 saturated carbocycles. The fraction of sp³-hybridized carbons (Fsp3) is 0.200. The summed E-state index contributed by atoms with van der Waals surface area (Å²) in [5, 5.41) is 3.43. The molecule has 0 aromatic heterocycles. The minimum absolute atomic E-state index is 0.850. The van der Waals surface area contributed by atoms with Gasteiger partial charge in [0.1, 0.15) is 5.75 Å². The molecule has 2 aromatic rings. The highest BCUT2D eigenvalue weighted by molar-refractivity contribution is 14.1. The predicted molar refractivity (Wildman–Crippen MR) is 82.7 cm³/mol. The maximum Gasteiger partial charge on any atom is 0.119 e. The van der Waals surface area contributed by atoms with Gasteiger partial charge in [-0.2, -0.15) is 0 Å². The highest BCUT2D eigenvalue weighted by Gasteiger charge is 1.96. The zero-order valence-corrected chi connectivity index (χ0v) is 12.5. The minimum Gasteiger partial charge on any atom is -0.497 e. The van der Waals surface area contributed by atoms with E-state index < -0.39 is 0 Å². The molecule has 1 N–H and O–H groups in total. The van der Waals surface area contributed by atoms with Crippen LogP contribution < -0.4 is 10.1 Å². The van der Waals surface area contributed by atoms with E-state index in [1.807, 2.05) is 12.1 Å². The number of nitrogens with one attached hydrogen (secondary N) is 1. The Kier molecular flexibility index (Phi) is 5.01. The summed E-state index contributed by atoms with van der Waals surface area (Å²) in [7, 11) is 1.69. The van der Waals surface area contributed by atoms with Crippen LogP contribution in [-0.4, -0.2) is 7.11 Å². The van der Waals surface area contributed by atoms with Gasteiger partial charge in [0, 0.05) is 16.7 Å². The first-order valence-electron chi connectivity index (χ1n) is 5.86. The molecule has 0 aliphatic heterocycles. The summed E-state index contributed by atoms with van der Waals surface area (Å²) in [5.41, 5.74) is 2.54. The topological polar surface area (TPSA) is 21.3 Å². The molecule has 0 fully saturated rings. The fourth-order valence-corrected chi connectivity index (χ4v) is 2.10. The Balaban J connectivity index is 1.86. The molecule has 2 rings (SSSR count). The third-order valence-corrected chi connectivity index (χ3v) is 3.42. The molecule has 0 radical (unpaired) electrons. The zero-order chi connectivity index (χ0) is 12.8. The van der Waals surface area contributed by atoms with Crippen LogP contribution in [-0.2, 0) is 13.1 Å². The van der Waals surface area contributed by atoms with E-state index in [9.17, 15) is 0 Å². The summed E-state index contributed by atoms with van der Waals surface area (Å²) in [5.74, 6) is 0.906. The summed E-state index contributed by atoms with van der Waals surface area (Å²) in [6.45, 7) is 1.73. The summed E-state index contributed by atoms with van der Waals surface area (Å²) in [6.07, 6.45) is 0. The summed E-state index contributed by atoms with van der Waals surface area (Å²) >= 11 is 2.32. The first kappa shape index (κ1) is 13.4. The molecule has 0 saturated heterocycles. The van der Waals surface area contributed by atoms with Crippen LogP contribution in [0.15, 0.2) is 48.5 Å². The van der Waals surface area contributed by atoms with Gasteiger partial charge in [-0.1, -0.05) is 24.3 Å². The summed E-state index contributed by atoms with van der Waals surface area (Å²) in [6, 6.07) is 16.7. The van der Waals surface area contributed by atoms with Crippen molar-refractivity contribution >= 4 is 22.6 Å². The molecule has 0 bridgehead atoms. The number of hydrogen-bond donors (Lipinski definition) is 1. The molecule has 0 amide bonds. The molecule has 0 atom stereocenters. The van der Waals surface area contributed by atoms with Crippen LogP contribution in [0.4, 0.5) is 0 Å². The standard InChI is InChI=1S/C15H16INO/c1-18-15-4-2-3-13(9-15)11-17-10-12-5-7-14(16)8-6-12/h2-9,17H,10-11H2,1H3. The van der Waals surface area contributed by atoms with Gasteiger partial charge in [0.15, 0.2) is 0 Å². The number of methoxy groups -OCH3 is 1. The van der Waals surface area contributed by atoms with Gasteiger partial charge < -0.3 is 10.1 Å². The Morgan fingerprint density at radius 3 is 2.44 bits per heavy atom. The van der Waals surface area contributed by atoms with E-state index >= 15 is 0 Å². The van der Waals surface area contributed by atoms with Gasteiger partial charge in [0.2, 0.25) is 0 Å². The van der Waals surface area contributed by atoms with Crippen molar-refractivity contribution in [3.8, 4) is 5.75 Å². The average Bonchev–Trinajstić information content (AvgIpc) is 2.41. The number of halogens is 1. The quantitative estimate of drug-likeness (QED) is 0.830. The first-order valence-corrected chi connectivity index (χ1v) is 6.94. The van der Waals surface area contributed by atoms with Gasteiger partial charge in [0.25, 0.3) is 0 Å². The van der Waals surface area contributed by atoms with E-state index in [4.69, 9.17) is 4.74 Å². The van der Waals surface area contributed by atoms with Gasteiger partial charge in [-0.3, -0.25) is 0 Å². The van der Waals surface area contributed by atoms with Gasteiger partial charge in [-0.05, 0) is 58.0 Å². The van der Waals surface area contributed by atoms with Gasteiger partial charge in [0.05, 0.1) is 7.11 Å². The van der Waals surface area contributed by atoms with Crippen molar-refractivity contribution in [1.29, 1.82) is 0 Å². The monoisotopic (exact) mass is 353 g/mol. The second kappa shape index (κ2) is 6.75. The number of rotatable bonds is 5. The van der Waals surface area contributed by atoms with Crippen molar-refractivity contribution in [2.75, 3.05) is 7.11 Å². The second-order valence-electron chi connectivity index (χ2n) is 4.08. The van der Waals surface area contributed by atoms with Crippen molar-refractivity contribution in [1.82, 2.24) is 5.32 Å². The molecular weight excluding hydrogens is 337 g/mol. The Morgan fingerprint density at radius 2 is 1.72 bits per heavy atom. The van der Waals surface area contributed by atoms with Crippen LogP contribution in [0.1, 0.15) is 11.1 Å². The van der Waals surface area contributed by atoms with Crippen LogP contribution in [0.3, 0.4) is 0 Å². The molecule has 0 aliphatic rings. The lowest BCUT2D eigenvalue weighted by atomic mass is 10.2. The largest absolute Gasteiger partial charge is 0.497 e. The normalized spacial score (nSPS) is 10.3. The SMILES string of the molecule is COc1cccc(CNCc2ccc(I)cc2)c1. The third-order valence-electron chi connectivity index (χ3n) is 2.71. The van der Waals surface area contributed by atoms with E-state index in [0.717, 1.165) is 18.8 Å². The molecule has 0 unspecified atom stereocenters. The van der Waals surface area contributed by atoms with Crippen LogP contribution in [0.2, 0.25) is 0 Å². The molecule has 0 aliphatic carbocycles. The Bertz CT molecular complexity index is 496. The molecule has 2 nitrogen and oxygen atoms in total. The smallest absolute Gasteiger partial charge is 0.119 e. The molecule has 0 heterocycles. The van der Waals surface area contributed by atoms with E-state index in [2.05, 4.69) is 64.3 Å². The third kappa shape index (κ3) is 3.99. The second-order valence-corrected chi connectivity index (χ2v) is 5.33. The van der Waals surface area contributed by atoms with Crippen LogP contribution >= 0.6 is 22.6 Å². The van der Waals surface area contributed by atoms with Crippen molar-refractivity contribution in [2.45, 2.75) is 13.1 Å². The highest BCUT2D eigenvalue weighted by atomic mass is 127. The number of ether oxygens (including phenoxy) is 1.